The van der Waals surface area contributed by atoms with E-state index < -0.39 is 0 Å². The largest absolute Gasteiger partial charge is 0.381 e. The molecule has 0 radical (unpaired) electrons. The molecule has 0 aromatic carbocycles. The Kier molecular flexibility index (Phi) is 4.22. The highest BCUT2D eigenvalue weighted by molar-refractivity contribution is 4.88. The number of nitrogens with two attached hydrogens (primary N) is 1. The zero-order valence-corrected chi connectivity index (χ0v) is 10.6. The monoisotopic (exact) mass is 226 g/mol. The number of rotatable bonds is 3. The van der Waals surface area contributed by atoms with Gasteiger partial charge >= 0.3 is 0 Å². The Balaban J connectivity index is 1.87. The molecule has 2 heterocycles. The molecule has 2 saturated heterocycles. The van der Waals surface area contributed by atoms with Crippen molar-refractivity contribution in [2.45, 2.75) is 32.6 Å². The lowest BCUT2D eigenvalue weighted by atomic mass is 9.87. The summed E-state index contributed by atoms with van der Waals surface area (Å²) in [6.45, 7) is 8.59. The fraction of sp³-hybridized carbons (Fsp3) is 1.00. The highest BCUT2D eigenvalue weighted by Gasteiger charge is 2.35. The third kappa shape index (κ3) is 2.96. The van der Waals surface area contributed by atoms with E-state index in [1.807, 2.05) is 0 Å². The van der Waals surface area contributed by atoms with Crippen molar-refractivity contribution in [1.82, 2.24) is 4.90 Å². The van der Waals surface area contributed by atoms with E-state index in [-0.39, 0.29) is 5.41 Å². The minimum atomic E-state index is 0.258. The maximum absolute atomic E-state index is 5.95. The van der Waals surface area contributed by atoms with Crippen LogP contribution in [0.3, 0.4) is 0 Å². The van der Waals surface area contributed by atoms with E-state index in [0.29, 0.717) is 0 Å². The first kappa shape index (κ1) is 12.3. The average Bonchev–Trinajstić information content (AvgIpc) is 2.66. The smallest absolute Gasteiger partial charge is 0.0547 e. The summed E-state index contributed by atoms with van der Waals surface area (Å²) in [7, 11) is 0. The van der Waals surface area contributed by atoms with Crippen LogP contribution in [0.5, 0.6) is 0 Å². The van der Waals surface area contributed by atoms with E-state index in [1.54, 1.807) is 0 Å². The summed E-state index contributed by atoms with van der Waals surface area (Å²) in [5.41, 5.74) is 6.20. The molecule has 16 heavy (non-hydrogen) atoms. The molecule has 0 bridgehead atoms. The summed E-state index contributed by atoms with van der Waals surface area (Å²) in [6.07, 6.45) is 5.24. The molecule has 0 spiro atoms. The molecule has 2 fully saturated rings. The normalized spacial score (nSPS) is 37.5. The van der Waals surface area contributed by atoms with Gasteiger partial charge in [-0.2, -0.15) is 0 Å². The van der Waals surface area contributed by atoms with Gasteiger partial charge in [-0.05, 0) is 44.7 Å². The van der Waals surface area contributed by atoms with Crippen molar-refractivity contribution >= 4 is 0 Å². The molecule has 0 aromatic heterocycles. The van der Waals surface area contributed by atoms with Crippen LogP contribution in [0.1, 0.15) is 32.6 Å². The number of likely N-dealkylation sites (tertiary alicyclic amines) is 1. The van der Waals surface area contributed by atoms with E-state index in [9.17, 15) is 0 Å². The van der Waals surface area contributed by atoms with Crippen LogP contribution in [0.25, 0.3) is 0 Å². The summed E-state index contributed by atoms with van der Waals surface area (Å²) in [5, 5.41) is 0. The zero-order chi connectivity index (χ0) is 11.4. The zero-order valence-electron chi connectivity index (χ0n) is 10.6. The van der Waals surface area contributed by atoms with Crippen molar-refractivity contribution in [3.63, 3.8) is 0 Å². The third-order valence-electron chi connectivity index (χ3n) is 4.29. The van der Waals surface area contributed by atoms with Gasteiger partial charge < -0.3 is 15.4 Å². The molecule has 0 aromatic rings. The number of hydrogen-bond acceptors (Lipinski definition) is 3. The van der Waals surface area contributed by atoms with Gasteiger partial charge in [0.25, 0.3) is 0 Å². The lowest BCUT2D eigenvalue weighted by Crippen LogP contribution is -2.43. The van der Waals surface area contributed by atoms with Crippen LogP contribution in [0.2, 0.25) is 0 Å². The van der Waals surface area contributed by atoms with Crippen LogP contribution in [-0.2, 0) is 4.74 Å². The van der Waals surface area contributed by atoms with Crippen LogP contribution in [0.15, 0.2) is 0 Å². The minimum absolute atomic E-state index is 0.258. The summed E-state index contributed by atoms with van der Waals surface area (Å²) < 4.78 is 5.54. The fourth-order valence-electron chi connectivity index (χ4n) is 2.95. The van der Waals surface area contributed by atoms with Gasteiger partial charge in [0.2, 0.25) is 0 Å². The molecule has 0 aliphatic carbocycles. The molecule has 3 nitrogen and oxygen atoms in total. The molecule has 2 unspecified atom stereocenters. The molecule has 2 aliphatic rings. The predicted molar refractivity (Wildman–Crippen MR) is 66.4 cm³/mol. The number of nitrogens with zero attached hydrogens (tertiary/aromatic N) is 1. The fourth-order valence-corrected chi connectivity index (χ4v) is 2.95. The van der Waals surface area contributed by atoms with Crippen molar-refractivity contribution in [3.05, 3.63) is 0 Å². The minimum Gasteiger partial charge on any atom is -0.381 e. The van der Waals surface area contributed by atoms with Crippen LogP contribution in [0.4, 0.5) is 0 Å². The van der Waals surface area contributed by atoms with Gasteiger partial charge in [-0.3, -0.25) is 0 Å². The van der Waals surface area contributed by atoms with Gasteiger partial charge in [0.15, 0.2) is 0 Å². The van der Waals surface area contributed by atoms with Crippen LogP contribution < -0.4 is 5.73 Å². The summed E-state index contributed by atoms with van der Waals surface area (Å²) >= 11 is 0. The summed E-state index contributed by atoms with van der Waals surface area (Å²) in [5.74, 6) is 0.902. The number of hydrogen-bond donors (Lipinski definition) is 1. The van der Waals surface area contributed by atoms with Gasteiger partial charge in [0.05, 0.1) is 6.61 Å². The second kappa shape index (κ2) is 5.48. The van der Waals surface area contributed by atoms with E-state index in [1.165, 1.54) is 32.4 Å². The Labute approximate surface area is 99.3 Å². The van der Waals surface area contributed by atoms with Crippen molar-refractivity contribution in [2.75, 3.05) is 39.4 Å². The van der Waals surface area contributed by atoms with Gasteiger partial charge in [-0.15, -0.1) is 0 Å². The Morgan fingerprint density at radius 3 is 2.94 bits per heavy atom. The predicted octanol–water partition coefficient (Wildman–Crippen LogP) is 1.47. The molecule has 2 rings (SSSR count). The second-order valence-corrected chi connectivity index (χ2v) is 5.82. The summed E-state index contributed by atoms with van der Waals surface area (Å²) in [4.78, 5) is 2.62. The molecule has 3 heteroatoms. The van der Waals surface area contributed by atoms with Gasteiger partial charge in [0.1, 0.15) is 0 Å². The molecular formula is C13H26N2O. The summed E-state index contributed by atoms with van der Waals surface area (Å²) in [6, 6.07) is 0. The maximum atomic E-state index is 5.95. The standard InChI is InChI=1S/C13H26N2O/c1-12-3-2-6-15(7-4-12)10-13(9-14)5-8-16-11-13/h12H,2-11,14H2,1H3. The lowest BCUT2D eigenvalue weighted by Gasteiger charge is -2.32. The number of ether oxygens (including phenoxy) is 1. The lowest BCUT2D eigenvalue weighted by molar-refractivity contribution is 0.116. The average molecular weight is 226 g/mol. The van der Waals surface area contributed by atoms with Gasteiger partial charge in [-0.25, -0.2) is 0 Å². The SMILES string of the molecule is CC1CCCN(CC2(CN)CCOC2)CC1. The van der Waals surface area contributed by atoms with Crippen LogP contribution >= 0.6 is 0 Å². The maximum Gasteiger partial charge on any atom is 0.0547 e. The highest BCUT2D eigenvalue weighted by atomic mass is 16.5. The third-order valence-corrected chi connectivity index (χ3v) is 4.29. The van der Waals surface area contributed by atoms with Crippen LogP contribution in [0, 0.1) is 11.3 Å². The van der Waals surface area contributed by atoms with E-state index in [2.05, 4.69) is 11.8 Å². The molecule has 2 aliphatic heterocycles. The Morgan fingerprint density at radius 1 is 1.38 bits per heavy atom. The Hall–Kier alpha value is -0.120. The van der Waals surface area contributed by atoms with E-state index in [0.717, 1.165) is 38.6 Å². The van der Waals surface area contributed by atoms with Crippen molar-refractivity contribution in [2.24, 2.45) is 17.1 Å². The van der Waals surface area contributed by atoms with E-state index >= 15 is 0 Å². The topological polar surface area (TPSA) is 38.5 Å². The van der Waals surface area contributed by atoms with E-state index in [4.69, 9.17) is 10.5 Å². The highest BCUT2D eigenvalue weighted by Crippen LogP contribution is 2.29. The first-order chi connectivity index (χ1) is 7.74. The van der Waals surface area contributed by atoms with Crippen molar-refractivity contribution in [3.8, 4) is 0 Å². The first-order valence-electron chi connectivity index (χ1n) is 6.74. The molecule has 2 N–H and O–H groups in total. The molecule has 0 saturated carbocycles. The molecule has 0 amide bonds. The Morgan fingerprint density at radius 2 is 2.25 bits per heavy atom. The van der Waals surface area contributed by atoms with Gasteiger partial charge in [0, 0.05) is 25.1 Å². The molecule has 94 valence electrons. The quantitative estimate of drug-likeness (QED) is 0.792. The molecule has 2 atom stereocenters. The van der Waals surface area contributed by atoms with Crippen molar-refractivity contribution < 1.29 is 4.74 Å². The van der Waals surface area contributed by atoms with Crippen LogP contribution in [-0.4, -0.2) is 44.3 Å². The molecular weight excluding hydrogens is 200 g/mol. The van der Waals surface area contributed by atoms with Gasteiger partial charge in [-0.1, -0.05) is 6.92 Å². The second-order valence-electron chi connectivity index (χ2n) is 5.82. The Bertz CT molecular complexity index is 214. The first-order valence-corrected chi connectivity index (χ1v) is 6.74. The van der Waals surface area contributed by atoms with Crippen molar-refractivity contribution in [1.29, 1.82) is 0 Å².